The molecule has 7 heteroatoms. The molecule has 1 aromatic carbocycles. The summed E-state index contributed by atoms with van der Waals surface area (Å²) >= 11 is 0. The van der Waals surface area contributed by atoms with E-state index in [0.717, 1.165) is 11.3 Å². The molecule has 1 heterocycles. The first-order valence-corrected chi connectivity index (χ1v) is 8.52. The van der Waals surface area contributed by atoms with Crippen LogP contribution in [0, 0.1) is 0 Å². The van der Waals surface area contributed by atoms with Crippen LogP contribution in [0.25, 0.3) is 0 Å². The number of nitrogens with two attached hydrogens (primary N) is 1. The lowest BCUT2D eigenvalue weighted by Crippen LogP contribution is -2.33. The van der Waals surface area contributed by atoms with Gasteiger partial charge in [0.2, 0.25) is 15.9 Å². The van der Waals surface area contributed by atoms with E-state index >= 15 is 0 Å². The van der Waals surface area contributed by atoms with Gasteiger partial charge in [0, 0.05) is 19.5 Å². The Balaban J connectivity index is 1.90. The number of sulfonamides is 1. The molecule has 1 aliphatic rings. The maximum absolute atomic E-state index is 11.8. The van der Waals surface area contributed by atoms with Crippen LogP contribution in [0.4, 0.5) is 0 Å². The molecule has 2 rings (SSSR count). The second-order valence-electron chi connectivity index (χ2n) is 5.08. The summed E-state index contributed by atoms with van der Waals surface area (Å²) in [7, 11) is -3.64. The molecule has 1 aromatic rings. The van der Waals surface area contributed by atoms with E-state index in [4.69, 9.17) is 9.88 Å². The number of likely N-dealkylation sites (tertiary alicyclic amines) is 1. The quantitative estimate of drug-likeness (QED) is 0.829. The van der Waals surface area contributed by atoms with E-state index in [1.54, 1.807) is 4.90 Å². The Bertz CT molecular complexity index is 598. The topological polar surface area (TPSA) is 89.7 Å². The predicted molar refractivity (Wildman–Crippen MR) is 79.4 cm³/mol. The van der Waals surface area contributed by atoms with E-state index in [2.05, 4.69) is 0 Å². The standard InChI is InChI=1S/C14H20N2O4S/c1-2-20-12-5-3-11(4-6-12)7-8-16-10-13(9-14(16)17)21(15,18)19/h3-6,13H,2,7-10H2,1H3,(H2,15,18,19). The second-order valence-corrected chi connectivity index (χ2v) is 6.93. The molecular formula is C14H20N2O4S. The van der Waals surface area contributed by atoms with Gasteiger partial charge in [-0.1, -0.05) is 12.1 Å². The minimum Gasteiger partial charge on any atom is -0.494 e. The monoisotopic (exact) mass is 312 g/mol. The molecule has 0 radical (unpaired) electrons. The Hall–Kier alpha value is -1.60. The van der Waals surface area contributed by atoms with Crippen LogP contribution in [-0.4, -0.2) is 44.2 Å². The molecule has 116 valence electrons. The van der Waals surface area contributed by atoms with Crippen LogP contribution in [0.1, 0.15) is 18.9 Å². The maximum atomic E-state index is 11.8. The van der Waals surface area contributed by atoms with Crippen LogP contribution in [0.15, 0.2) is 24.3 Å². The van der Waals surface area contributed by atoms with Crippen LogP contribution in [0.2, 0.25) is 0 Å². The van der Waals surface area contributed by atoms with Gasteiger partial charge in [0.05, 0.1) is 6.61 Å². The zero-order valence-electron chi connectivity index (χ0n) is 12.0. The SMILES string of the molecule is CCOc1ccc(CCN2CC(S(N)(=O)=O)CC2=O)cc1. The summed E-state index contributed by atoms with van der Waals surface area (Å²) in [6.45, 7) is 3.24. The van der Waals surface area contributed by atoms with Crippen molar-refractivity contribution in [3.63, 3.8) is 0 Å². The van der Waals surface area contributed by atoms with Gasteiger partial charge in [-0.3, -0.25) is 4.79 Å². The minimum atomic E-state index is -3.64. The lowest BCUT2D eigenvalue weighted by molar-refractivity contribution is -0.127. The van der Waals surface area contributed by atoms with Crippen molar-refractivity contribution >= 4 is 15.9 Å². The zero-order chi connectivity index (χ0) is 15.5. The van der Waals surface area contributed by atoms with Crippen LogP contribution < -0.4 is 9.88 Å². The number of hydrogen-bond donors (Lipinski definition) is 1. The summed E-state index contributed by atoms with van der Waals surface area (Å²) < 4.78 is 27.9. The van der Waals surface area contributed by atoms with Crippen molar-refractivity contribution in [2.24, 2.45) is 5.14 Å². The van der Waals surface area contributed by atoms with E-state index in [1.807, 2.05) is 31.2 Å². The van der Waals surface area contributed by atoms with Crippen molar-refractivity contribution in [1.82, 2.24) is 4.90 Å². The van der Waals surface area contributed by atoms with E-state index in [-0.39, 0.29) is 18.9 Å². The van der Waals surface area contributed by atoms with Crippen LogP contribution in [0.3, 0.4) is 0 Å². The summed E-state index contributed by atoms with van der Waals surface area (Å²) in [4.78, 5) is 13.3. The van der Waals surface area contributed by atoms with Gasteiger partial charge in [-0.05, 0) is 31.0 Å². The molecule has 1 unspecified atom stereocenters. The predicted octanol–water partition coefficient (Wildman–Crippen LogP) is 0.517. The van der Waals surface area contributed by atoms with Gasteiger partial charge < -0.3 is 9.64 Å². The average Bonchev–Trinajstić information content (AvgIpc) is 2.80. The number of primary sulfonamides is 1. The van der Waals surface area contributed by atoms with Gasteiger partial charge in [-0.15, -0.1) is 0 Å². The molecule has 6 nitrogen and oxygen atoms in total. The maximum Gasteiger partial charge on any atom is 0.224 e. The lowest BCUT2D eigenvalue weighted by Gasteiger charge is -2.16. The highest BCUT2D eigenvalue weighted by molar-refractivity contribution is 7.89. The number of rotatable bonds is 6. The third kappa shape index (κ3) is 4.18. The van der Waals surface area contributed by atoms with E-state index in [1.165, 1.54) is 0 Å². The van der Waals surface area contributed by atoms with E-state index in [0.29, 0.717) is 19.6 Å². The fraction of sp³-hybridized carbons (Fsp3) is 0.500. The number of hydrogen-bond acceptors (Lipinski definition) is 4. The molecule has 1 saturated heterocycles. The summed E-state index contributed by atoms with van der Waals surface area (Å²) in [5, 5.41) is 4.32. The largest absolute Gasteiger partial charge is 0.494 e. The Kier molecular flexibility index (Phi) is 4.84. The Labute approximate surface area is 124 Å². The molecular weight excluding hydrogens is 292 g/mol. The van der Waals surface area contributed by atoms with Crippen molar-refractivity contribution in [3.8, 4) is 5.75 Å². The number of carbonyl (C=O) groups excluding carboxylic acids is 1. The molecule has 1 amide bonds. The van der Waals surface area contributed by atoms with Crippen molar-refractivity contribution in [3.05, 3.63) is 29.8 Å². The van der Waals surface area contributed by atoms with Gasteiger partial charge in [0.25, 0.3) is 0 Å². The highest BCUT2D eigenvalue weighted by Gasteiger charge is 2.35. The molecule has 0 aliphatic carbocycles. The smallest absolute Gasteiger partial charge is 0.224 e. The first-order chi connectivity index (χ1) is 9.90. The molecule has 1 atom stereocenters. The van der Waals surface area contributed by atoms with Crippen LogP contribution in [-0.2, 0) is 21.2 Å². The van der Waals surface area contributed by atoms with Crippen molar-refractivity contribution in [1.29, 1.82) is 0 Å². The molecule has 0 bridgehead atoms. The van der Waals surface area contributed by atoms with Crippen molar-refractivity contribution < 1.29 is 17.9 Å². The number of ether oxygens (including phenoxy) is 1. The van der Waals surface area contributed by atoms with Gasteiger partial charge in [-0.25, -0.2) is 13.6 Å². The number of benzene rings is 1. The fourth-order valence-corrected chi connectivity index (χ4v) is 3.12. The highest BCUT2D eigenvalue weighted by atomic mass is 32.2. The Morgan fingerprint density at radius 2 is 2.00 bits per heavy atom. The molecule has 21 heavy (non-hydrogen) atoms. The Morgan fingerprint density at radius 1 is 1.33 bits per heavy atom. The first-order valence-electron chi connectivity index (χ1n) is 6.91. The zero-order valence-corrected chi connectivity index (χ0v) is 12.8. The number of amides is 1. The summed E-state index contributed by atoms with van der Waals surface area (Å²) in [6.07, 6.45) is 0.664. The first kappa shape index (κ1) is 15.8. The molecule has 1 aliphatic heterocycles. The number of carbonyl (C=O) groups is 1. The van der Waals surface area contributed by atoms with Gasteiger partial charge in [0.1, 0.15) is 11.0 Å². The van der Waals surface area contributed by atoms with Gasteiger partial charge >= 0.3 is 0 Å². The van der Waals surface area contributed by atoms with Crippen LogP contribution in [0.5, 0.6) is 5.75 Å². The van der Waals surface area contributed by atoms with Gasteiger partial charge in [-0.2, -0.15) is 0 Å². The lowest BCUT2D eigenvalue weighted by atomic mass is 10.1. The molecule has 1 fully saturated rings. The minimum absolute atomic E-state index is 0.0118. The Morgan fingerprint density at radius 3 is 2.52 bits per heavy atom. The molecule has 0 aromatic heterocycles. The third-order valence-electron chi connectivity index (χ3n) is 3.55. The second kappa shape index (κ2) is 6.44. The summed E-state index contributed by atoms with van der Waals surface area (Å²) in [5.74, 6) is 0.660. The van der Waals surface area contributed by atoms with E-state index < -0.39 is 15.3 Å². The number of nitrogens with zero attached hydrogens (tertiary/aromatic N) is 1. The van der Waals surface area contributed by atoms with Crippen LogP contribution >= 0.6 is 0 Å². The molecule has 2 N–H and O–H groups in total. The molecule has 0 spiro atoms. The summed E-state index contributed by atoms with van der Waals surface area (Å²) in [6, 6.07) is 7.67. The van der Waals surface area contributed by atoms with Crippen molar-refractivity contribution in [2.45, 2.75) is 25.0 Å². The third-order valence-corrected chi connectivity index (χ3v) is 4.79. The van der Waals surface area contributed by atoms with Gasteiger partial charge in [0.15, 0.2) is 0 Å². The summed E-state index contributed by atoms with van der Waals surface area (Å²) in [5.41, 5.74) is 1.07. The van der Waals surface area contributed by atoms with Crippen molar-refractivity contribution in [2.75, 3.05) is 19.7 Å². The fourth-order valence-electron chi connectivity index (χ4n) is 2.36. The van der Waals surface area contributed by atoms with E-state index in [9.17, 15) is 13.2 Å². The average molecular weight is 312 g/mol. The molecule has 0 saturated carbocycles. The highest BCUT2D eigenvalue weighted by Crippen LogP contribution is 2.18. The normalized spacial score (nSPS) is 19.0.